The van der Waals surface area contributed by atoms with Crippen LogP contribution >= 0.6 is 23.4 Å². The molecule has 26 heavy (non-hydrogen) atoms. The molecule has 0 aliphatic carbocycles. The highest BCUT2D eigenvalue weighted by Gasteiger charge is 2.43. The molecule has 1 fully saturated rings. The Morgan fingerprint density at radius 1 is 1.19 bits per heavy atom. The highest BCUT2D eigenvalue weighted by Crippen LogP contribution is 2.44. The maximum atomic E-state index is 12.7. The Kier molecular flexibility index (Phi) is 3.58. The van der Waals surface area contributed by atoms with Crippen molar-refractivity contribution < 1.29 is 0 Å². The highest BCUT2D eigenvalue weighted by atomic mass is 35.5. The van der Waals surface area contributed by atoms with E-state index in [0.717, 1.165) is 34.7 Å². The summed E-state index contributed by atoms with van der Waals surface area (Å²) in [5, 5.41) is 9.01. The van der Waals surface area contributed by atoms with Gasteiger partial charge in [0.05, 0.1) is 0 Å². The van der Waals surface area contributed by atoms with Crippen LogP contribution in [0.25, 0.3) is 22.6 Å². The van der Waals surface area contributed by atoms with Gasteiger partial charge >= 0.3 is 0 Å². The van der Waals surface area contributed by atoms with Crippen LogP contribution in [0.2, 0.25) is 5.02 Å². The van der Waals surface area contributed by atoms with Crippen LogP contribution in [0.5, 0.6) is 0 Å². The summed E-state index contributed by atoms with van der Waals surface area (Å²) >= 11 is 8.07. The number of nitrogens with one attached hydrogen (secondary N) is 1. The molecule has 1 spiro atoms. The minimum Gasteiger partial charge on any atom is -0.360 e. The summed E-state index contributed by atoms with van der Waals surface area (Å²) in [6.07, 6.45) is 0.915. The second-order valence-electron chi connectivity index (χ2n) is 6.52. The van der Waals surface area contributed by atoms with Crippen LogP contribution in [0.3, 0.4) is 0 Å². The summed E-state index contributed by atoms with van der Waals surface area (Å²) in [4.78, 5) is 17.2. The van der Waals surface area contributed by atoms with E-state index in [0.29, 0.717) is 16.5 Å². The maximum absolute atomic E-state index is 12.7. The molecule has 0 radical (unpaired) electrons. The number of rotatable bonds is 1. The molecule has 0 saturated carbocycles. The summed E-state index contributed by atoms with van der Waals surface area (Å²) < 4.78 is 1.90. The molecule has 3 heterocycles. The SMILES string of the molecule is O=c1nc2n(nc1-c1ccccc1)C1(CCSC1)Nc1ccc(Cl)cc1-2. The van der Waals surface area contributed by atoms with Crippen molar-refractivity contribution in [1.29, 1.82) is 0 Å². The first-order chi connectivity index (χ1) is 12.7. The van der Waals surface area contributed by atoms with Crippen LogP contribution in [0.1, 0.15) is 6.42 Å². The van der Waals surface area contributed by atoms with Crippen molar-refractivity contribution in [3.8, 4) is 22.6 Å². The first-order valence-electron chi connectivity index (χ1n) is 8.39. The minimum atomic E-state index is -0.370. The number of halogens is 1. The first-order valence-corrected chi connectivity index (χ1v) is 9.93. The number of aromatic nitrogens is 3. The number of hydrogen-bond donors (Lipinski definition) is 1. The molecule has 2 aromatic carbocycles. The number of anilines is 1. The number of hydrogen-bond acceptors (Lipinski definition) is 5. The van der Waals surface area contributed by atoms with E-state index in [2.05, 4.69) is 10.3 Å². The zero-order valence-corrected chi connectivity index (χ0v) is 15.3. The lowest BCUT2D eigenvalue weighted by Crippen LogP contribution is -2.47. The molecular formula is C19H15ClN4OS. The molecule has 1 N–H and O–H groups in total. The fourth-order valence-corrected chi connectivity index (χ4v) is 5.05. The van der Waals surface area contributed by atoms with E-state index in [-0.39, 0.29) is 11.2 Å². The van der Waals surface area contributed by atoms with Crippen molar-refractivity contribution >= 4 is 29.1 Å². The van der Waals surface area contributed by atoms with E-state index in [1.165, 1.54) is 0 Å². The predicted octanol–water partition coefficient (Wildman–Crippen LogP) is 3.84. The van der Waals surface area contributed by atoms with Crippen LogP contribution in [-0.4, -0.2) is 26.3 Å². The van der Waals surface area contributed by atoms with E-state index < -0.39 is 0 Å². The molecule has 1 saturated heterocycles. The van der Waals surface area contributed by atoms with E-state index in [4.69, 9.17) is 16.7 Å². The normalized spacial score (nSPS) is 20.5. The van der Waals surface area contributed by atoms with Gasteiger partial charge in [0.2, 0.25) is 0 Å². The van der Waals surface area contributed by atoms with E-state index >= 15 is 0 Å². The van der Waals surface area contributed by atoms with Gasteiger partial charge in [-0.15, -0.1) is 0 Å². The summed E-state index contributed by atoms with van der Waals surface area (Å²) in [7, 11) is 0. The van der Waals surface area contributed by atoms with Crippen LogP contribution in [0, 0.1) is 0 Å². The van der Waals surface area contributed by atoms with Crippen molar-refractivity contribution in [2.75, 3.05) is 16.8 Å². The third-order valence-electron chi connectivity index (χ3n) is 4.85. The average molecular weight is 383 g/mol. The third-order valence-corrected chi connectivity index (χ3v) is 6.26. The van der Waals surface area contributed by atoms with Gasteiger partial charge in [0.15, 0.2) is 11.5 Å². The van der Waals surface area contributed by atoms with Crippen molar-refractivity contribution in [1.82, 2.24) is 14.8 Å². The Bertz CT molecular complexity index is 1060. The molecule has 2 aliphatic heterocycles. The molecule has 130 valence electrons. The predicted molar refractivity (Wildman–Crippen MR) is 106 cm³/mol. The molecule has 0 amide bonds. The number of fused-ring (bicyclic) bond motifs is 4. The molecule has 5 nitrogen and oxygen atoms in total. The van der Waals surface area contributed by atoms with Gasteiger partial charge in [-0.1, -0.05) is 41.9 Å². The van der Waals surface area contributed by atoms with Crippen molar-refractivity contribution in [2.24, 2.45) is 0 Å². The Labute approximate surface area is 159 Å². The van der Waals surface area contributed by atoms with E-state index in [1.807, 2.05) is 65.0 Å². The van der Waals surface area contributed by atoms with Gasteiger partial charge in [-0.05, 0) is 24.0 Å². The molecule has 5 rings (SSSR count). The summed E-state index contributed by atoms with van der Waals surface area (Å²) in [5.74, 6) is 2.48. The fraction of sp³-hybridized carbons (Fsp3) is 0.211. The molecule has 7 heteroatoms. The van der Waals surface area contributed by atoms with Crippen molar-refractivity contribution in [2.45, 2.75) is 12.1 Å². The summed E-state index contributed by atoms with van der Waals surface area (Å²) in [6.45, 7) is 0. The van der Waals surface area contributed by atoms with Crippen molar-refractivity contribution in [3.05, 3.63) is 63.9 Å². The van der Waals surface area contributed by atoms with Crippen LogP contribution in [-0.2, 0) is 5.66 Å². The van der Waals surface area contributed by atoms with Crippen molar-refractivity contribution in [3.63, 3.8) is 0 Å². The molecule has 1 unspecified atom stereocenters. The molecule has 2 aliphatic rings. The smallest absolute Gasteiger partial charge is 0.300 e. The van der Waals surface area contributed by atoms with Crippen LogP contribution < -0.4 is 10.9 Å². The minimum absolute atomic E-state index is 0.323. The van der Waals surface area contributed by atoms with Crippen LogP contribution in [0.4, 0.5) is 5.69 Å². The number of benzene rings is 2. The van der Waals surface area contributed by atoms with Gasteiger partial charge in [0.1, 0.15) is 5.66 Å². The summed E-state index contributed by atoms with van der Waals surface area (Å²) in [5.41, 5.74) is 2.21. The monoisotopic (exact) mass is 382 g/mol. The van der Waals surface area contributed by atoms with Gasteiger partial charge in [-0.2, -0.15) is 21.8 Å². The quantitative estimate of drug-likeness (QED) is 0.692. The van der Waals surface area contributed by atoms with E-state index in [9.17, 15) is 4.79 Å². The lowest BCUT2D eigenvalue weighted by atomic mass is 10.0. The van der Waals surface area contributed by atoms with Gasteiger partial charge in [-0.3, -0.25) is 4.79 Å². The highest BCUT2D eigenvalue weighted by molar-refractivity contribution is 7.99. The standard InChI is InChI=1S/C19H15ClN4OS/c20-13-6-7-15-14(10-13)17-21-18(25)16(12-4-2-1-3-5-12)23-24(17)19(22-15)8-9-26-11-19/h1-7,10,22H,8-9,11H2. The second kappa shape index (κ2) is 5.86. The Morgan fingerprint density at radius 3 is 2.81 bits per heavy atom. The molecular weight excluding hydrogens is 368 g/mol. The topological polar surface area (TPSA) is 59.8 Å². The summed E-state index contributed by atoms with van der Waals surface area (Å²) in [6, 6.07) is 15.1. The Morgan fingerprint density at radius 2 is 2.04 bits per heavy atom. The van der Waals surface area contributed by atoms with Gasteiger partial charge in [-0.25, -0.2) is 4.68 Å². The van der Waals surface area contributed by atoms with E-state index in [1.54, 1.807) is 0 Å². The molecule has 1 atom stereocenters. The molecule has 0 bridgehead atoms. The third kappa shape index (κ3) is 2.36. The largest absolute Gasteiger partial charge is 0.360 e. The van der Waals surface area contributed by atoms with Gasteiger partial charge < -0.3 is 5.32 Å². The van der Waals surface area contributed by atoms with Gasteiger partial charge in [0, 0.05) is 34.0 Å². The zero-order valence-electron chi connectivity index (χ0n) is 13.8. The first kappa shape index (κ1) is 15.9. The number of thioether (sulfide) groups is 1. The fourth-order valence-electron chi connectivity index (χ4n) is 3.57. The number of nitrogens with zero attached hydrogens (tertiary/aromatic N) is 3. The Balaban J connectivity index is 1.80. The van der Waals surface area contributed by atoms with Crippen LogP contribution in [0.15, 0.2) is 53.3 Å². The lowest BCUT2D eigenvalue weighted by Gasteiger charge is -2.38. The molecule has 1 aromatic heterocycles. The molecule has 3 aromatic rings. The maximum Gasteiger partial charge on any atom is 0.300 e. The average Bonchev–Trinajstić information content (AvgIpc) is 3.12. The lowest BCUT2D eigenvalue weighted by molar-refractivity contribution is 0.333. The zero-order chi connectivity index (χ0) is 17.7. The van der Waals surface area contributed by atoms with Gasteiger partial charge in [0.25, 0.3) is 5.56 Å². The Hall–Kier alpha value is -2.31. The second-order valence-corrected chi connectivity index (χ2v) is 8.06.